The van der Waals surface area contributed by atoms with E-state index in [4.69, 9.17) is 14.0 Å². The van der Waals surface area contributed by atoms with E-state index in [0.717, 1.165) is 76.8 Å². The zero-order chi connectivity index (χ0) is 35.5. The van der Waals surface area contributed by atoms with Gasteiger partial charge in [0.2, 0.25) is 5.91 Å². The van der Waals surface area contributed by atoms with Gasteiger partial charge in [0.05, 0.1) is 24.6 Å². The van der Waals surface area contributed by atoms with E-state index in [9.17, 15) is 18.3 Å². The summed E-state index contributed by atoms with van der Waals surface area (Å²) in [5, 5.41) is 16.9. The van der Waals surface area contributed by atoms with Crippen LogP contribution in [0.3, 0.4) is 0 Å². The molecule has 4 saturated carbocycles. The summed E-state index contributed by atoms with van der Waals surface area (Å²) in [5.74, 6) is 3.15. The van der Waals surface area contributed by atoms with Crippen molar-refractivity contribution in [1.82, 2.24) is 5.32 Å². The second kappa shape index (κ2) is 15.8. The van der Waals surface area contributed by atoms with Gasteiger partial charge in [-0.3, -0.25) is 9.35 Å². The van der Waals surface area contributed by atoms with Crippen molar-refractivity contribution in [2.75, 3.05) is 25.5 Å². The third-order valence-corrected chi connectivity index (χ3v) is 14.8. The number of carbonyl (C=O) groups is 1. The number of aliphatic hydroxyl groups is 1. The third-order valence-electron chi connectivity index (χ3n) is 14.0. The van der Waals surface area contributed by atoms with Gasteiger partial charge >= 0.3 is 0 Å². The normalized spacial score (nSPS) is 34.4. The second-order valence-electron chi connectivity index (χ2n) is 16.9. The Morgan fingerprint density at radius 2 is 1.68 bits per heavy atom. The number of nitrogens with one attached hydrogen (secondary N) is 1. The van der Waals surface area contributed by atoms with E-state index in [1.54, 1.807) is 0 Å². The number of aliphatic hydroxyl groups excluding tert-OH is 1. The first-order valence-corrected chi connectivity index (χ1v) is 21.1. The van der Waals surface area contributed by atoms with Crippen LogP contribution in [0.2, 0.25) is 0 Å². The molecule has 6 rings (SSSR count). The Morgan fingerprint density at radius 1 is 0.940 bits per heavy atom. The van der Waals surface area contributed by atoms with Crippen LogP contribution in [0.1, 0.15) is 104 Å². The fourth-order valence-electron chi connectivity index (χ4n) is 11.4. The largest absolute Gasteiger partial charge is 0.494 e. The van der Waals surface area contributed by atoms with Gasteiger partial charge in [0.15, 0.2) is 0 Å². The van der Waals surface area contributed by atoms with Crippen LogP contribution in [0.15, 0.2) is 42.5 Å². The number of ether oxygens (including phenoxy) is 2. The van der Waals surface area contributed by atoms with Gasteiger partial charge in [0.25, 0.3) is 10.1 Å². The molecule has 10 atom stereocenters. The van der Waals surface area contributed by atoms with Gasteiger partial charge in [-0.1, -0.05) is 51.1 Å². The molecule has 0 spiro atoms. The van der Waals surface area contributed by atoms with Crippen molar-refractivity contribution >= 4 is 26.8 Å². The molecular weight excluding hydrogens is 651 g/mol. The van der Waals surface area contributed by atoms with E-state index in [2.05, 4.69) is 68.6 Å². The van der Waals surface area contributed by atoms with E-state index < -0.39 is 15.9 Å². The number of unbranched alkanes of at least 4 members (excludes halogenated alkanes) is 2. The number of benzene rings is 2. The van der Waals surface area contributed by atoms with Gasteiger partial charge in [0, 0.05) is 19.6 Å². The summed E-state index contributed by atoms with van der Waals surface area (Å²) in [7, 11) is -4.08. The van der Waals surface area contributed by atoms with Gasteiger partial charge in [-0.25, -0.2) is 0 Å². The Balaban J connectivity index is 0.934. The molecule has 4 fully saturated rings. The predicted octanol–water partition coefficient (Wildman–Crippen LogP) is 7.82. The third kappa shape index (κ3) is 8.37. The lowest BCUT2D eigenvalue weighted by molar-refractivity contribution is -0.178. The molecule has 3 N–H and O–H groups in total. The Labute approximate surface area is 300 Å². The molecule has 9 heteroatoms. The minimum Gasteiger partial charge on any atom is -0.494 e. The minimum atomic E-state index is -4.08. The lowest BCUT2D eigenvalue weighted by Crippen LogP contribution is -2.58. The van der Waals surface area contributed by atoms with Crippen LogP contribution >= 0.6 is 0 Å². The van der Waals surface area contributed by atoms with Crippen molar-refractivity contribution in [3.63, 3.8) is 0 Å². The van der Waals surface area contributed by atoms with Crippen molar-refractivity contribution in [2.24, 2.45) is 46.3 Å². The molecule has 0 aliphatic heterocycles. The van der Waals surface area contributed by atoms with E-state index in [1.807, 2.05) is 0 Å². The maximum Gasteiger partial charge on any atom is 0.266 e. The van der Waals surface area contributed by atoms with Crippen molar-refractivity contribution in [3.05, 3.63) is 42.5 Å². The highest BCUT2D eigenvalue weighted by atomic mass is 32.2. The van der Waals surface area contributed by atoms with Crippen LogP contribution in [-0.4, -0.2) is 61.7 Å². The Bertz CT molecular complexity index is 1560. The quantitative estimate of drug-likeness (QED) is 0.127. The smallest absolute Gasteiger partial charge is 0.266 e. The molecule has 0 saturated heterocycles. The summed E-state index contributed by atoms with van der Waals surface area (Å²) >= 11 is 0. The molecule has 2 aromatic rings. The van der Waals surface area contributed by atoms with E-state index >= 15 is 0 Å². The van der Waals surface area contributed by atoms with Crippen molar-refractivity contribution in [2.45, 2.75) is 116 Å². The summed E-state index contributed by atoms with van der Waals surface area (Å²) in [6.07, 6.45) is 13.2. The summed E-state index contributed by atoms with van der Waals surface area (Å²) in [6, 6.07) is 14.7. The lowest BCUT2D eigenvalue weighted by Gasteiger charge is -2.62. The number of fused-ring (bicyclic) bond motifs is 6. The highest BCUT2D eigenvalue weighted by Crippen LogP contribution is 2.68. The lowest BCUT2D eigenvalue weighted by atomic mass is 9.43. The van der Waals surface area contributed by atoms with Crippen LogP contribution in [0.25, 0.3) is 10.8 Å². The van der Waals surface area contributed by atoms with Crippen molar-refractivity contribution in [1.29, 1.82) is 0 Å². The average molecular weight is 712 g/mol. The molecule has 0 bridgehead atoms. The zero-order valence-electron chi connectivity index (χ0n) is 30.5. The molecule has 278 valence electrons. The first kappa shape index (κ1) is 37.6. The molecule has 0 aromatic heterocycles. The molecule has 0 radical (unpaired) electrons. The van der Waals surface area contributed by atoms with Gasteiger partial charge in [-0.15, -0.1) is 0 Å². The monoisotopic (exact) mass is 711 g/mol. The molecule has 0 heterocycles. The first-order chi connectivity index (χ1) is 23.9. The van der Waals surface area contributed by atoms with Crippen LogP contribution < -0.4 is 10.1 Å². The van der Waals surface area contributed by atoms with Crippen LogP contribution in [0, 0.1) is 46.3 Å². The van der Waals surface area contributed by atoms with Crippen LogP contribution in [-0.2, 0) is 19.6 Å². The Morgan fingerprint density at radius 3 is 2.48 bits per heavy atom. The van der Waals surface area contributed by atoms with Crippen LogP contribution in [0.5, 0.6) is 5.75 Å². The van der Waals surface area contributed by atoms with Crippen LogP contribution in [0.4, 0.5) is 0 Å². The van der Waals surface area contributed by atoms with E-state index in [0.29, 0.717) is 48.0 Å². The fourth-order valence-corrected chi connectivity index (χ4v) is 11.7. The molecule has 50 heavy (non-hydrogen) atoms. The molecule has 4 aliphatic carbocycles. The van der Waals surface area contributed by atoms with Gasteiger partial charge in [0.1, 0.15) is 5.75 Å². The van der Waals surface area contributed by atoms with E-state index in [-0.39, 0.29) is 29.4 Å². The standard InChI is InChI=1S/C41H61NO7S/c1-28(11-16-38(44)42-21-24-50(45,46)47)34-14-15-35-39-36(18-20-41(34,35)3)40(2)19-17-33(26-31(40)27-37(39)43)49-23-8-4-7-22-48-32-13-12-29-9-5-6-10-30(29)25-32/h5-6,9-10,12-13,25,28,31,33-37,39,43H,4,7-8,11,14-24,26-27H2,1-3H3,(H,42,44)(H,45,46,47)/t28-,31?,33-,34-,35+,36+,37+,39?,40+,41-/m1/s1. The minimum absolute atomic E-state index is 0.0630. The molecule has 2 aromatic carbocycles. The van der Waals surface area contributed by atoms with Crippen molar-refractivity contribution < 1.29 is 32.3 Å². The predicted molar refractivity (Wildman–Crippen MR) is 197 cm³/mol. The van der Waals surface area contributed by atoms with Gasteiger partial charge in [-0.05, 0) is 146 Å². The summed E-state index contributed by atoms with van der Waals surface area (Å²) in [5.41, 5.74) is 0.433. The number of amides is 1. The summed E-state index contributed by atoms with van der Waals surface area (Å²) in [6.45, 7) is 8.73. The Kier molecular flexibility index (Phi) is 11.9. The molecule has 2 unspecified atom stereocenters. The maximum absolute atomic E-state index is 12.4. The van der Waals surface area contributed by atoms with Gasteiger partial charge in [-0.2, -0.15) is 8.42 Å². The fraction of sp³-hybridized carbons (Fsp3) is 0.732. The highest BCUT2D eigenvalue weighted by Gasteiger charge is 2.63. The number of hydrogen-bond acceptors (Lipinski definition) is 6. The van der Waals surface area contributed by atoms with E-state index in [1.165, 1.54) is 30.0 Å². The second-order valence-corrected chi connectivity index (χ2v) is 18.4. The zero-order valence-corrected chi connectivity index (χ0v) is 31.3. The topological polar surface area (TPSA) is 122 Å². The average Bonchev–Trinajstić information content (AvgIpc) is 3.44. The highest BCUT2D eigenvalue weighted by molar-refractivity contribution is 7.85. The molecule has 4 aliphatic rings. The van der Waals surface area contributed by atoms with Gasteiger partial charge < -0.3 is 19.9 Å². The summed E-state index contributed by atoms with van der Waals surface area (Å²) < 4.78 is 43.4. The first-order valence-electron chi connectivity index (χ1n) is 19.5. The SMILES string of the molecule is C[C@H](CCC(=O)NCCS(=O)(=O)O)[C@H]1CC[C@H]2C3[C@@H](O)CC4C[C@H](OCCCCCOc5ccc6ccccc6c5)CC[C@]4(C)[C@H]3CC[C@]12C. The van der Waals surface area contributed by atoms with Crippen molar-refractivity contribution in [3.8, 4) is 5.75 Å². The maximum atomic E-state index is 12.4. The number of carbonyl (C=O) groups excluding carboxylic acids is 1. The molecule has 1 amide bonds. The molecular formula is C41H61NO7S. The summed E-state index contributed by atoms with van der Waals surface area (Å²) in [4.78, 5) is 12.4. The number of hydrogen-bond donors (Lipinski definition) is 3. The molecule has 8 nitrogen and oxygen atoms in total. The Hall–Kier alpha value is -2.20. The number of rotatable bonds is 15.